The van der Waals surface area contributed by atoms with Crippen LogP contribution < -0.4 is 0 Å². The van der Waals surface area contributed by atoms with E-state index in [1.807, 2.05) is 29.2 Å². The van der Waals surface area contributed by atoms with Crippen molar-refractivity contribution in [2.24, 2.45) is 0 Å². The zero-order valence-electron chi connectivity index (χ0n) is 10.6. The van der Waals surface area contributed by atoms with Crippen molar-refractivity contribution in [1.29, 1.82) is 0 Å². The van der Waals surface area contributed by atoms with Gasteiger partial charge in [0.05, 0.1) is 12.7 Å². The number of ether oxygens (including phenoxy) is 1. The van der Waals surface area contributed by atoms with Crippen LogP contribution in [0.1, 0.15) is 29.3 Å². The lowest BCUT2D eigenvalue weighted by molar-refractivity contribution is -0.0226. The highest BCUT2D eigenvalue weighted by atomic mass is 35.5. The highest BCUT2D eigenvalue weighted by molar-refractivity contribution is 6.17. The summed E-state index contributed by atoms with van der Waals surface area (Å²) in [5, 5.41) is 0. The number of benzene rings is 1. The Labute approximate surface area is 113 Å². The van der Waals surface area contributed by atoms with Gasteiger partial charge in [0.2, 0.25) is 0 Å². The lowest BCUT2D eigenvalue weighted by Crippen LogP contribution is -2.45. The number of alkyl halides is 1. The van der Waals surface area contributed by atoms with Gasteiger partial charge in [0.1, 0.15) is 0 Å². The van der Waals surface area contributed by atoms with Gasteiger partial charge in [-0.1, -0.05) is 19.1 Å². The van der Waals surface area contributed by atoms with Crippen molar-refractivity contribution in [1.82, 2.24) is 4.90 Å². The highest BCUT2D eigenvalue weighted by Crippen LogP contribution is 2.14. The van der Waals surface area contributed by atoms with E-state index in [9.17, 15) is 4.79 Å². The van der Waals surface area contributed by atoms with Crippen molar-refractivity contribution in [3.63, 3.8) is 0 Å². The van der Waals surface area contributed by atoms with Crippen LogP contribution in [-0.4, -0.2) is 36.6 Å². The van der Waals surface area contributed by atoms with Gasteiger partial charge in [0, 0.05) is 24.5 Å². The molecule has 0 aliphatic carbocycles. The highest BCUT2D eigenvalue weighted by Gasteiger charge is 2.23. The van der Waals surface area contributed by atoms with Crippen LogP contribution in [0.4, 0.5) is 0 Å². The van der Waals surface area contributed by atoms with Crippen molar-refractivity contribution in [3.8, 4) is 0 Å². The smallest absolute Gasteiger partial charge is 0.254 e. The number of carbonyl (C=O) groups excluding carboxylic acids is 1. The molecule has 0 N–H and O–H groups in total. The molecule has 0 bridgehead atoms. The predicted octanol–water partition coefficient (Wildman–Crippen LogP) is 2.68. The molecule has 18 heavy (non-hydrogen) atoms. The summed E-state index contributed by atoms with van der Waals surface area (Å²) in [7, 11) is 0. The van der Waals surface area contributed by atoms with Gasteiger partial charge in [-0.15, -0.1) is 11.6 Å². The summed E-state index contributed by atoms with van der Waals surface area (Å²) in [4.78, 5) is 14.2. The van der Waals surface area contributed by atoms with E-state index < -0.39 is 0 Å². The average molecular weight is 268 g/mol. The van der Waals surface area contributed by atoms with E-state index in [0.29, 0.717) is 31.1 Å². The third-order valence-electron chi connectivity index (χ3n) is 3.21. The summed E-state index contributed by atoms with van der Waals surface area (Å²) in [5.74, 6) is 0.505. The first-order valence-electron chi connectivity index (χ1n) is 6.30. The second-order valence-electron chi connectivity index (χ2n) is 4.49. The Kier molecular flexibility index (Phi) is 4.61. The SMILES string of the molecule is CCC1CN(C(=O)c2cccc(CCl)c2)CCO1. The fraction of sp³-hybridized carbons (Fsp3) is 0.500. The van der Waals surface area contributed by atoms with Crippen molar-refractivity contribution in [2.75, 3.05) is 19.7 Å². The molecular weight excluding hydrogens is 250 g/mol. The Morgan fingerprint density at radius 3 is 3.11 bits per heavy atom. The lowest BCUT2D eigenvalue weighted by atomic mass is 10.1. The number of morpholine rings is 1. The third-order valence-corrected chi connectivity index (χ3v) is 3.52. The van der Waals surface area contributed by atoms with Crippen LogP contribution >= 0.6 is 11.6 Å². The molecule has 1 heterocycles. The Balaban J connectivity index is 2.10. The standard InChI is InChI=1S/C14H18ClNO2/c1-2-13-10-16(6-7-18-13)14(17)12-5-3-4-11(8-12)9-15/h3-5,8,13H,2,6-7,9-10H2,1H3. The second-order valence-corrected chi connectivity index (χ2v) is 4.75. The monoisotopic (exact) mass is 267 g/mol. The first-order chi connectivity index (χ1) is 8.74. The van der Waals surface area contributed by atoms with E-state index in [1.165, 1.54) is 0 Å². The number of nitrogens with zero attached hydrogens (tertiary/aromatic N) is 1. The second kappa shape index (κ2) is 6.21. The number of amides is 1. The fourth-order valence-electron chi connectivity index (χ4n) is 2.12. The van der Waals surface area contributed by atoms with E-state index in [2.05, 4.69) is 6.92 Å². The summed E-state index contributed by atoms with van der Waals surface area (Å²) in [5.41, 5.74) is 1.69. The van der Waals surface area contributed by atoms with Crippen LogP contribution in [0.3, 0.4) is 0 Å². The molecular formula is C14H18ClNO2. The first kappa shape index (κ1) is 13.4. The van der Waals surface area contributed by atoms with E-state index in [0.717, 1.165) is 12.0 Å². The summed E-state index contributed by atoms with van der Waals surface area (Å²) in [6, 6.07) is 7.52. The van der Waals surface area contributed by atoms with E-state index in [1.54, 1.807) is 0 Å². The molecule has 1 aliphatic rings. The largest absolute Gasteiger partial charge is 0.375 e. The number of hydrogen-bond donors (Lipinski definition) is 0. The van der Waals surface area contributed by atoms with Gasteiger partial charge in [-0.25, -0.2) is 0 Å². The fourth-order valence-corrected chi connectivity index (χ4v) is 2.29. The van der Waals surface area contributed by atoms with Gasteiger partial charge in [-0.05, 0) is 24.1 Å². The summed E-state index contributed by atoms with van der Waals surface area (Å²) in [6.45, 7) is 4.05. The molecule has 98 valence electrons. The molecule has 1 aromatic rings. The number of rotatable bonds is 3. The molecule has 1 aromatic carbocycles. The van der Waals surface area contributed by atoms with Crippen LogP contribution in [0.15, 0.2) is 24.3 Å². The molecule has 1 fully saturated rings. The zero-order valence-corrected chi connectivity index (χ0v) is 11.3. The Bertz CT molecular complexity index is 422. The maximum absolute atomic E-state index is 12.4. The first-order valence-corrected chi connectivity index (χ1v) is 6.83. The summed E-state index contributed by atoms with van der Waals surface area (Å²) in [6.07, 6.45) is 1.10. The van der Waals surface area contributed by atoms with Gasteiger partial charge in [-0.2, -0.15) is 0 Å². The van der Waals surface area contributed by atoms with Crippen molar-refractivity contribution in [2.45, 2.75) is 25.3 Å². The molecule has 3 nitrogen and oxygen atoms in total. The van der Waals surface area contributed by atoms with Gasteiger partial charge in [0.15, 0.2) is 0 Å². The maximum Gasteiger partial charge on any atom is 0.254 e. The van der Waals surface area contributed by atoms with Gasteiger partial charge in [0.25, 0.3) is 5.91 Å². The molecule has 0 spiro atoms. The van der Waals surface area contributed by atoms with Gasteiger partial charge >= 0.3 is 0 Å². The molecule has 0 radical (unpaired) electrons. The Morgan fingerprint density at radius 1 is 1.56 bits per heavy atom. The molecule has 1 aliphatic heterocycles. The molecule has 1 saturated heterocycles. The topological polar surface area (TPSA) is 29.5 Å². The molecule has 1 amide bonds. The van der Waals surface area contributed by atoms with Crippen LogP contribution in [0.25, 0.3) is 0 Å². The summed E-state index contributed by atoms with van der Waals surface area (Å²) >= 11 is 5.79. The Hall–Kier alpha value is -1.06. The molecule has 2 rings (SSSR count). The molecule has 4 heteroatoms. The van der Waals surface area contributed by atoms with E-state index >= 15 is 0 Å². The van der Waals surface area contributed by atoms with Crippen LogP contribution in [0.5, 0.6) is 0 Å². The van der Waals surface area contributed by atoms with Crippen molar-refractivity contribution >= 4 is 17.5 Å². The van der Waals surface area contributed by atoms with Gasteiger partial charge in [-0.3, -0.25) is 4.79 Å². The summed E-state index contributed by atoms with van der Waals surface area (Å²) < 4.78 is 5.57. The van der Waals surface area contributed by atoms with E-state index in [-0.39, 0.29) is 12.0 Å². The number of halogens is 1. The van der Waals surface area contributed by atoms with Crippen LogP contribution in [0.2, 0.25) is 0 Å². The van der Waals surface area contributed by atoms with E-state index in [4.69, 9.17) is 16.3 Å². The maximum atomic E-state index is 12.4. The minimum absolute atomic E-state index is 0.0729. The van der Waals surface area contributed by atoms with Crippen LogP contribution in [0, 0.1) is 0 Å². The van der Waals surface area contributed by atoms with Crippen LogP contribution in [-0.2, 0) is 10.6 Å². The minimum Gasteiger partial charge on any atom is -0.375 e. The number of carbonyl (C=O) groups is 1. The normalized spacial score (nSPS) is 19.9. The van der Waals surface area contributed by atoms with Crippen molar-refractivity contribution in [3.05, 3.63) is 35.4 Å². The molecule has 0 saturated carbocycles. The quantitative estimate of drug-likeness (QED) is 0.788. The predicted molar refractivity (Wildman–Crippen MR) is 71.9 cm³/mol. The minimum atomic E-state index is 0.0729. The average Bonchev–Trinajstić information content (AvgIpc) is 2.46. The lowest BCUT2D eigenvalue weighted by Gasteiger charge is -2.32. The third kappa shape index (κ3) is 3.03. The molecule has 1 atom stereocenters. The molecule has 1 unspecified atom stereocenters. The number of hydrogen-bond acceptors (Lipinski definition) is 2. The zero-order chi connectivity index (χ0) is 13.0. The van der Waals surface area contributed by atoms with Gasteiger partial charge < -0.3 is 9.64 Å². The molecule has 0 aromatic heterocycles. The Morgan fingerprint density at radius 2 is 2.39 bits per heavy atom. The van der Waals surface area contributed by atoms with Crippen molar-refractivity contribution < 1.29 is 9.53 Å².